The maximum Gasteiger partial charge on any atom is 0.227 e. The van der Waals surface area contributed by atoms with Crippen molar-refractivity contribution in [1.29, 1.82) is 0 Å². The van der Waals surface area contributed by atoms with E-state index in [0.29, 0.717) is 35.5 Å². The van der Waals surface area contributed by atoms with Crippen LogP contribution < -0.4 is 10.1 Å². The third kappa shape index (κ3) is 4.40. The SMILES string of the molecule is COc1ccccc1-c1noc(CCC(=O)NCc2ccccc2Cl)n1. The highest BCUT2D eigenvalue weighted by molar-refractivity contribution is 6.31. The minimum atomic E-state index is -0.109. The number of aromatic nitrogens is 2. The second-order valence-corrected chi connectivity index (χ2v) is 5.99. The first-order valence-electron chi connectivity index (χ1n) is 8.13. The van der Waals surface area contributed by atoms with Crippen LogP contribution in [0.3, 0.4) is 0 Å². The highest BCUT2D eigenvalue weighted by Crippen LogP contribution is 2.27. The van der Waals surface area contributed by atoms with E-state index in [1.807, 2.05) is 42.5 Å². The number of aryl methyl sites for hydroxylation is 1. The number of hydrogen-bond acceptors (Lipinski definition) is 5. The van der Waals surface area contributed by atoms with Crippen LogP contribution in [0.25, 0.3) is 11.4 Å². The predicted octanol–water partition coefficient (Wildman–Crippen LogP) is 3.65. The first-order chi connectivity index (χ1) is 12.7. The van der Waals surface area contributed by atoms with Gasteiger partial charge in [-0.2, -0.15) is 4.98 Å². The number of halogens is 1. The fourth-order valence-electron chi connectivity index (χ4n) is 2.44. The van der Waals surface area contributed by atoms with Gasteiger partial charge in [0.05, 0.1) is 12.7 Å². The number of methoxy groups -OCH3 is 1. The lowest BCUT2D eigenvalue weighted by atomic mass is 10.2. The third-order valence-corrected chi connectivity index (χ3v) is 4.18. The van der Waals surface area contributed by atoms with Crippen LogP contribution in [0.4, 0.5) is 0 Å². The lowest BCUT2D eigenvalue weighted by molar-refractivity contribution is -0.121. The average Bonchev–Trinajstić information content (AvgIpc) is 3.14. The summed E-state index contributed by atoms with van der Waals surface area (Å²) in [6.07, 6.45) is 0.606. The summed E-state index contributed by atoms with van der Waals surface area (Å²) in [5, 5.41) is 7.43. The molecule has 7 heteroatoms. The highest BCUT2D eigenvalue weighted by Gasteiger charge is 2.14. The number of carbonyl (C=O) groups is 1. The minimum absolute atomic E-state index is 0.109. The Morgan fingerprint density at radius 2 is 1.96 bits per heavy atom. The Bertz CT molecular complexity index is 895. The molecule has 2 aromatic carbocycles. The maximum atomic E-state index is 12.0. The van der Waals surface area contributed by atoms with Gasteiger partial charge in [0.15, 0.2) is 0 Å². The number of amides is 1. The molecule has 0 atom stereocenters. The van der Waals surface area contributed by atoms with E-state index in [1.54, 1.807) is 13.2 Å². The number of rotatable bonds is 7. The van der Waals surface area contributed by atoms with Gasteiger partial charge in [0.1, 0.15) is 5.75 Å². The van der Waals surface area contributed by atoms with Gasteiger partial charge in [-0.3, -0.25) is 4.79 Å². The predicted molar refractivity (Wildman–Crippen MR) is 97.9 cm³/mol. The molecule has 0 spiro atoms. The molecule has 1 aromatic heterocycles. The van der Waals surface area contributed by atoms with E-state index < -0.39 is 0 Å². The molecule has 0 aliphatic heterocycles. The molecule has 6 nitrogen and oxygen atoms in total. The molecule has 0 saturated heterocycles. The molecule has 0 bridgehead atoms. The number of benzene rings is 2. The highest BCUT2D eigenvalue weighted by atomic mass is 35.5. The molecule has 3 rings (SSSR count). The summed E-state index contributed by atoms with van der Waals surface area (Å²) in [5.74, 6) is 1.40. The van der Waals surface area contributed by atoms with Crippen molar-refractivity contribution in [2.24, 2.45) is 0 Å². The third-order valence-electron chi connectivity index (χ3n) is 3.82. The first-order valence-corrected chi connectivity index (χ1v) is 8.51. The number of carbonyl (C=O) groups excluding carboxylic acids is 1. The number of para-hydroxylation sites is 1. The topological polar surface area (TPSA) is 77.2 Å². The summed E-state index contributed by atoms with van der Waals surface area (Å²) in [4.78, 5) is 16.3. The fourth-order valence-corrected chi connectivity index (χ4v) is 2.64. The van der Waals surface area contributed by atoms with Crippen molar-refractivity contribution in [3.8, 4) is 17.1 Å². The van der Waals surface area contributed by atoms with Gasteiger partial charge in [-0.25, -0.2) is 0 Å². The molecule has 1 heterocycles. The van der Waals surface area contributed by atoms with E-state index in [2.05, 4.69) is 15.5 Å². The monoisotopic (exact) mass is 371 g/mol. The molecule has 3 aromatic rings. The Morgan fingerprint density at radius 1 is 1.19 bits per heavy atom. The molecule has 0 aliphatic carbocycles. The number of nitrogens with one attached hydrogen (secondary N) is 1. The van der Waals surface area contributed by atoms with Crippen LogP contribution >= 0.6 is 11.6 Å². The Hall–Kier alpha value is -2.86. The standard InChI is InChI=1S/C19H18ClN3O3/c1-25-16-9-5-3-7-14(16)19-22-18(26-23-19)11-10-17(24)21-12-13-6-2-4-8-15(13)20/h2-9H,10-12H2,1H3,(H,21,24). The average molecular weight is 372 g/mol. The van der Waals surface area contributed by atoms with Crippen molar-refractivity contribution in [1.82, 2.24) is 15.5 Å². The molecule has 0 radical (unpaired) electrons. The van der Waals surface area contributed by atoms with E-state index in [0.717, 1.165) is 11.1 Å². The summed E-state index contributed by atoms with van der Waals surface area (Å²) >= 11 is 6.07. The zero-order chi connectivity index (χ0) is 18.4. The molecule has 26 heavy (non-hydrogen) atoms. The summed E-state index contributed by atoms with van der Waals surface area (Å²) in [5.41, 5.74) is 1.62. The molecule has 1 N–H and O–H groups in total. The molecular weight excluding hydrogens is 354 g/mol. The smallest absolute Gasteiger partial charge is 0.227 e. The molecular formula is C19H18ClN3O3. The van der Waals surface area contributed by atoms with Gasteiger partial charge in [0.25, 0.3) is 0 Å². The zero-order valence-electron chi connectivity index (χ0n) is 14.2. The largest absolute Gasteiger partial charge is 0.496 e. The van der Waals surface area contributed by atoms with E-state index >= 15 is 0 Å². The quantitative estimate of drug-likeness (QED) is 0.686. The van der Waals surface area contributed by atoms with Crippen LogP contribution in [0.5, 0.6) is 5.75 Å². The normalized spacial score (nSPS) is 10.5. The zero-order valence-corrected chi connectivity index (χ0v) is 15.0. The molecule has 0 fully saturated rings. The van der Waals surface area contributed by atoms with E-state index in [-0.39, 0.29) is 12.3 Å². The van der Waals surface area contributed by atoms with E-state index in [1.165, 1.54) is 0 Å². The number of nitrogens with zero attached hydrogens (tertiary/aromatic N) is 2. The van der Waals surface area contributed by atoms with Crippen LogP contribution in [-0.4, -0.2) is 23.2 Å². The van der Waals surface area contributed by atoms with Crippen molar-refractivity contribution in [2.75, 3.05) is 7.11 Å². The van der Waals surface area contributed by atoms with Gasteiger partial charge in [-0.15, -0.1) is 0 Å². The second-order valence-electron chi connectivity index (χ2n) is 5.58. The molecule has 0 aliphatic rings. The fraction of sp³-hybridized carbons (Fsp3) is 0.211. The van der Waals surface area contributed by atoms with Gasteiger partial charge in [0, 0.05) is 24.4 Å². The van der Waals surface area contributed by atoms with Gasteiger partial charge >= 0.3 is 0 Å². The summed E-state index contributed by atoms with van der Waals surface area (Å²) < 4.78 is 10.5. The van der Waals surface area contributed by atoms with Crippen molar-refractivity contribution in [2.45, 2.75) is 19.4 Å². The van der Waals surface area contributed by atoms with Crippen LogP contribution in [0.15, 0.2) is 53.1 Å². The van der Waals surface area contributed by atoms with Crippen molar-refractivity contribution >= 4 is 17.5 Å². The molecule has 0 saturated carbocycles. The lowest BCUT2D eigenvalue weighted by Gasteiger charge is -2.06. The van der Waals surface area contributed by atoms with Gasteiger partial charge in [0.2, 0.25) is 17.6 Å². The summed E-state index contributed by atoms with van der Waals surface area (Å²) in [7, 11) is 1.59. The second kappa shape index (κ2) is 8.49. The van der Waals surface area contributed by atoms with Crippen molar-refractivity contribution < 1.29 is 14.1 Å². The van der Waals surface area contributed by atoms with E-state index in [4.69, 9.17) is 20.9 Å². The Kier molecular flexibility index (Phi) is 5.86. The first kappa shape index (κ1) is 17.9. The Morgan fingerprint density at radius 3 is 2.77 bits per heavy atom. The van der Waals surface area contributed by atoms with Gasteiger partial charge < -0.3 is 14.6 Å². The Labute approximate surface area is 156 Å². The van der Waals surface area contributed by atoms with Crippen molar-refractivity contribution in [3.63, 3.8) is 0 Å². The minimum Gasteiger partial charge on any atom is -0.496 e. The van der Waals surface area contributed by atoms with Crippen LogP contribution in [0, 0.1) is 0 Å². The lowest BCUT2D eigenvalue weighted by Crippen LogP contribution is -2.23. The van der Waals surface area contributed by atoms with Gasteiger partial charge in [-0.05, 0) is 23.8 Å². The van der Waals surface area contributed by atoms with Gasteiger partial charge in [-0.1, -0.05) is 47.1 Å². The number of ether oxygens (including phenoxy) is 1. The van der Waals surface area contributed by atoms with E-state index in [9.17, 15) is 4.79 Å². The van der Waals surface area contributed by atoms with Crippen LogP contribution in [0.2, 0.25) is 5.02 Å². The van der Waals surface area contributed by atoms with Crippen LogP contribution in [-0.2, 0) is 17.8 Å². The molecule has 1 amide bonds. The summed E-state index contributed by atoms with van der Waals surface area (Å²) in [6.45, 7) is 0.384. The van der Waals surface area contributed by atoms with Crippen LogP contribution in [0.1, 0.15) is 17.9 Å². The maximum absolute atomic E-state index is 12.0. The molecule has 0 unspecified atom stereocenters. The summed E-state index contributed by atoms with van der Waals surface area (Å²) in [6, 6.07) is 14.8. The Balaban J connectivity index is 1.55. The molecule has 134 valence electrons. The number of hydrogen-bond donors (Lipinski definition) is 1. The van der Waals surface area contributed by atoms with Crippen molar-refractivity contribution in [3.05, 3.63) is 65.0 Å².